The van der Waals surface area contributed by atoms with E-state index in [1.165, 1.54) is 6.07 Å². The van der Waals surface area contributed by atoms with Crippen molar-refractivity contribution in [3.8, 4) is 0 Å². The molecule has 2 N–H and O–H groups in total. The Hall–Kier alpha value is -1.81. The van der Waals surface area contributed by atoms with Gasteiger partial charge in [0.2, 0.25) is 0 Å². The highest BCUT2D eigenvalue weighted by Gasteiger charge is 2.06. The average molecular weight is 319 g/mol. The van der Waals surface area contributed by atoms with Crippen molar-refractivity contribution in [1.82, 2.24) is 4.57 Å². The number of hydrogen-bond acceptors (Lipinski definition) is 1. The van der Waals surface area contributed by atoms with Crippen LogP contribution in [0.3, 0.4) is 0 Å². The SMILES string of the molecule is Nc1cccc(Cn2ccc3cc(F)ccc32)c1Br. The van der Waals surface area contributed by atoms with Crippen LogP contribution in [-0.4, -0.2) is 4.57 Å². The van der Waals surface area contributed by atoms with E-state index in [4.69, 9.17) is 5.73 Å². The molecule has 0 atom stereocenters. The summed E-state index contributed by atoms with van der Waals surface area (Å²) in [6.07, 6.45) is 1.96. The molecule has 0 saturated heterocycles. The van der Waals surface area contributed by atoms with E-state index in [9.17, 15) is 4.39 Å². The molecule has 0 radical (unpaired) electrons. The molecule has 0 aliphatic heterocycles. The number of benzene rings is 2. The smallest absolute Gasteiger partial charge is 0.123 e. The molecule has 4 heteroatoms. The van der Waals surface area contributed by atoms with E-state index in [0.29, 0.717) is 6.54 Å². The quantitative estimate of drug-likeness (QED) is 0.706. The number of rotatable bonds is 2. The van der Waals surface area contributed by atoms with Crippen molar-refractivity contribution in [3.63, 3.8) is 0 Å². The van der Waals surface area contributed by atoms with Crippen LogP contribution in [0.2, 0.25) is 0 Å². The summed E-state index contributed by atoms with van der Waals surface area (Å²) in [5.41, 5.74) is 8.71. The Kier molecular flexibility index (Phi) is 3.03. The number of halogens is 2. The van der Waals surface area contributed by atoms with Gasteiger partial charge >= 0.3 is 0 Å². The lowest BCUT2D eigenvalue weighted by Crippen LogP contribution is -2.00. The Morgan fingerprint density at radius 2 is 2.00 bits per heavy atom. The normalized spacial score (nSPS) is 11.1. The maximum Gasteiger partial charge on any atom is 0.123 e. The van der Waals surface area contributed by atoms with Gasteiger partial charge < -0.3 is 10.3 Å². The molecule has 0 bridgehead atoms. The van der Waals surface area contributed by atoms with Crippen LogP contribution in [0.4, 0.5) is 10.1 Å². The fourth-order valence-corrected chi connectivity index (χ4v) is 2.60. The van der Waals surface area contributed by atoms with E-state index in [-0.39, 0.29) is 5.82 Å². The largest absolute Gasteiger partial charge is 0.398 e. The number of fused-ring (bicyclic) bond motifs is 1. The van der Waals surface area contributed by atoms with Crippen molar-refractivity contribution in [3.05, 3.63) is 64.5 Å². The first-order valence-corrected chi connectivity index (χ1v) is 6.72. The Morgan fingerprint density at radius 1 is 1.16 bits per heavy atom. The van der Waals surface area contributed by atoms with Gasteiger partial charge in [-0.25, -0.2) is 4.39 Å². The second kappa shape index (κ2) is 4.70. The summed E-state index contributed by atoms with van der Waals surface area (Å²) in [5.74, 6) is -0.213. The molecule has 0 amide bonds. The van der Waals surface area contributed by atoms with Crippen molar-refractivity contribution in [1.29, 1.82) is 0 Å². The van der Waals surface area contributed by atoms with Crippen LogP contribution in [0.25, 0.3) is 10.9 Å². The van der Waals surface area contributed by atoms with Crippen LogP contribution in [-0.2, 0) is 6.54 Å². The first kappa shape index (κ1) is 12.2. The maximum atomic E-state index is 13.2. The number of nitrogen functional groups attached to an aromatic ring is 1. The molecule has 0 spiro atoms. The Labute approximate surface area is 118 Å². The molecule has 3 rings (SSSR count). The minimum atomic E-state index is -0.213. The summed E-state index contributed by atoms with van der Waals surface area (Å²) < 4.78 is 16.1. The van der Waals surface area contributed by atoms with Gasteiger partial charge in [0, 0.05) is 33.8 Å². The molecule has 0 aliphatic carbocycles. The predicted molar refractivity (Wildman–Crippen MR) is 79.6 cm³/mol. The third kappa shape index (κ3) is 2.24. The molecule has 96 valence electrons. The van der Waals surface area contributed by atoms with Crippen molar-refractivity contribution in [2.75, 3.05) is 5.73 Å². The van der Waals surface area contributed by atoms with Gasteiger partial charge in [0.1, 0.15) is 5.82 Å². The fraction of sp³-hybridized carbons (Fsp3) is 0.0667. The second-order valence-corrected chi connectivity index (χ2v) is 5.26. The van der Waals surface area contributed by atoms with E-state index in [2.05, 4.69) is 20.5 Å². The molecular weight excluding hydrogens is 307 g/mol. The zero-order valence-electron chi connectivity index (χ0n) is 10.1. The van der Waals surface area contributed by atoms with Gasteiger partial charge in [-0.05, 0) is 51.8 Å². The molecule has 1 heterocycles. The number of nitrogens with two attached hydrogens (primary N) is 1. The van der Waals surface area contributed by atoms with Crippen LogP contribution in [0.1, 0.15) is 5.56 Å². The zero-order chi connectivity index (χ0) is 13.4. The summed E-state index contributed by atoms with van der Waals surface area (Å²) in [4.78, 5) is 0. The summed E-state index contributed by atoms with van der Waals surface area (Å²) in [5, 5.41) is 0.903. The zero-order valence-corrected chi connectivity index (χ0v) is 11.7. The van der Waals surface area contributed by atoms with E-state index < -0.39 is 0 Å². The lowest BCUT2D eigenvalue weighted by Gasteiger charge is -2.09. The lowest BCUT2D eigenvalue weighted by molar-refractivity contribution is 0.629. The first-order valence-electron chi connectivity index (χ1n) is 5.92. The van der Waals surface area contributed by atoms with Crippen LogP contribution >= 0.6 is 15.9 Å². The van der Waals surface area contributed by atoms with Crippen molar-refractivity contribution in [2.45, 2.75) is 6.54 Å². The highest BCUT2D eigenvalue weighted by molar-refractivity contribution is 9.10. The minimum Gasteiger partial charge on any atom is -0.398 e. The Balaban J connectivity index is 2.04. The molecule has 2 nitrogen and oxygen atoms in total. The second-order valence-electron chi connectivity index (χ2n) is 4.47. The predicted octanol–water partition coefficient (Wildman–Crippen LogP) is 4.17. The monoisotopic (exact) mass is 318 g/mol. The van der Waals surface area contributed by atoms with Gasteiger partial charge in [0.25, 0.3) is 0 Å². The standard InChI is InChI=1S/C15H12BrFN2/c16-15-11(2-1-3-13(15)18)9-19-7-6-10-8-12(17)4-5-14(10)19/h1-8H,9,18H2. The summed E-state index contributed by atoms with van der Waals surface area (Å²) >= 11 is 3.50. The third-order valence-electron chi connectivity index (χ3n) is 3.18. The van der Waals surface area contributed by atoms with Crippen LogP contribution < -0.4 is 5.73 Å². The molecule has 2 aromatic carbocycles. The highest BCUT2D eigenvalue weighted by atomic mass is 79.9. The molecule has 3 aromatic rings. The van der Waals surface area contributed by atoms with Crippen molar-refractivity contribution < 1.29 is 4.39 Å². The summed E-state index contributed by atoms with van der Waals surface area (Å²) in [6, 6.07) is 12.5. The average Bonchev–Trinajstić information content (AvgIpc) is 2.77. The highest BCUT2D eigenvalue weighted by Crippen LogP contribution is 2.26. The van der Waals surface area contributed by atoms with Gasteiger partial charge in [0.15, 0.2) is 0 Å². The van der Waals surface area contributed by atoms with Crippen LogP contribution in [0, 0.1) is 5.82 Å². The fourth-order valence-electron chi connectivity index (χ4n) is 2.21. The summed E-state index contributed by atoms with van der Waals surface area (Å²) in [6.45, 7) is 0.695. The van der Waals surface area contributed by atoms with Crippen LogP contribution in [0.15, 0.2) is 53.1 Å². The van der Waals surface area contributed by atoms with Crippen molar-refractivity contribution in [2.24, 2.45) is 0 Å². The third-order valence-corrected chi connectivity index (χ3v) is 4.15. The number of nitrogens with zero attached hydrogens (tertiary/aromatic N) is 1. The Bertz CT molecular complexity index is 749. The molecule has 0 fully saturated rings. The van der Waals surface area contributed by atoms with Gasteiger partial charge in [-0.3, -0.25) is 0 Å². The van der Waals surface area contributed by atoms with E-state index in [1.54, 1.807) is 12.1 Å². The van der Waals surface area contributed by atoms with Gasteiger partial charge in [0.05, 0.1) is 0 Å². The van der Waals surface area contributed by atoms with Gasteiger partial charge in [-0.2, -0.15) is 0 Å². The van der Waals surface area contributed by atoms with Gasteiger partial charge in [-0.15, -0.1) is 0 Å². The summed E-state index contributed by atoms with van der Waals surface area (Å²) in [7, 11) is 0. The first-order chi connectivity index (χ1) is 9.15. The number of hydrogen-bond donors (Lipinski definition) is 1. The number of aromatic nitrogens is 1. The van der Waals surface area contributed by atoms with Gasteiger partial charge in [-0.1, -0.05) is 12.1 Å². The molecule has 0 saturated carbocycles. The maximum absolute atomic E-state index is 13.2. The molecular formula is C15H12BrFN2. The van der Waals surface area contributed by atoms with Crippen molar-refractivity contribution >= 4 is 32.5 Å². The molecule has 0 unspecified atom stereocenters. The lowest BCUT2D eigenvalue weighted by atomic mass is 10.2. The molecule has 19 heavy (non-hydrogen) atoms. The molecule has 1 aromatic heterocycles. The molecule has 0 aliphatic rings. The minimum absolute atomic E-state index is 0.213. The number of anilines is 1. The topological polar surface area (TPSA) is 30.9 Å². The van der Waals surface area contributed by atoms with E-state index >= 15 is 0 Å². The van der Waals surface area contributed by atoms with Crippen LogP contribution in [0.5, 0.6) is 0 Å². The van der Waals surface area contributed by atoms with E-state index in [0.717, 1.165) is 26.6 Å². The Morgan fingerprint density at radius 3 is 2.84 bits per heavy atom. The van der Waals surface area contributed by atoms with E-state index in [1.807, 2.05) is 30.5 Å².